The van der Waals surface area contributed by atoms with Gasteiger partial charge in [0.05, 0.1) is 20.8 Å². The quantitative estimate of drug-likeness (QED) is 0.707. The average Bonchev–Trinajstić information content (AvgIpc) is 2.75. The standard InChI is InChI=1S/C24H32N2O3/c1-28-22-9-8-20(17-23(22)29-2)10-13-25-24(27)18-26-14-11-21(12-15-26)16-19-6-4-3-5-7-19/h3-9,17,21H,10-16,18H2,1-2H3,(H,25,27). The van der Waals surface area contributed by atoms with Gasteiger partial charge in [-0.15, -0.1) is 0 Å². The minimum absolute atomic E-state index is 0.104. The number of likely N-dealkylation sites (tertiary alicyclic amines) is 1. The molecule has 5 nitrogen and oxygen atoms in total. The van der Waals surface area contributed by atoms with Crippen molar-refractivity contribution in [3.63, 3.8) is 0 Å². The summed E-state index contributed by atoms with van der Waals surface area (Å²) in [5.41, 5.74) is 2.53. The van der Waals surface area contributed by atoms with E-state index in [2.05, 4.69) is 40.5 Å². The highest BCUT2D eigenvalue weighted by atomic mass is 16.5. The van der Waals surface area contributed by atoms with Crippen molar-refractivity contribution >= 4 is 5.91 Å². The van der Waals surface area contributed by atoms with E-state index in [9.17, 15) is 4.79 Å². The number of carbonyl (C=O) groups is 1. The van der Waals surface area contributed by atoms with Crippen molar-refractivity contribution in [1.82, 2.24) is 10.2 Å². The normalized spacial score (nSPS) is 15.1. The molecule has 1 aliphatic heterocycles. The molecule has 1 aliphatic rings. The van der Waals surface area contributed by atoms with E-state index in [0.29, 0.717) is 13.1 Å². The molecule has 1 amide bonds. The second-order valence-electron chi connectivity index (χ2n) is 7.70. The van der Waals surface area contributed by atoms with Gasteiger partial charge in [-0.1, -0.05) is 36.4 Å². The summed E-state index contributed by atoms with van der Waals surface area (Å²) >= 11 is 0. The SMILES string of the molecule is COc1ccc(CCNC(=O)CN2CCC(Cc3ccccc3)CC2)cc1OC. The maximum Gasteiger partial charge on any atom is 0.234 e. The Kier molecular flexibility index (Phi) is 7.94. The zero-order valence-electron chi connectivity index (χ0n) is 17.5. The molecule has 3 rings (SSSR count). The number of carbonyl (C=O) groups excluding carboxylic acids is 1. The molecule has 2 aromatic rings. The second-order valence-corrected chi connectivity index (χ2v) is 7.70. The fourth-order valence-electron chi connectivity index (χ4n) is 3.94. The van der Waals surface area contributed by atoms with Gasteiger partial charge in [0.2, 0.25) is 5.91 Å². The summed E-state index contributed by atoms with van der Waals surface area (Å²) in [5, 5.41) is 3.04. The maximum absolute atomic E-state index is 12.3. The van der Waals surface area contributed by atoms with Gasteiger partial charge < -0.3 is 14.8 Å². The van der Waals surface area contributed by atoms with Gasteiger partial charge in [0.25, 0.3) is 0 Å². The Morgan fingerprint density at radius 1 is 1.00 bits per heavy atom. The highest BCUT2D eigenvalue weighted by Crippen LogP contribution is 2.27. The van der Waals surface area contributed by atoms with E-state index < -0.39 is 0 Å². The summed E-state index contributed by atoms with van der Waals surface area (Å²) in [6.45, 7) is 3.12. The van der Waals surface area contributed by atoms with Crippen molar-refractivity contribution in [3.05, 3.63) is 59.7 Å². The predicted molar refractivity (Wildman–Crippen MR) is 116 cm³/mol. The molecule has 1 fully saturated rings. The first-order valence-corrected chi connectivity index (χ1v) is 10.4. The van der Waals surface area contributed by atoms with E-state index in [1.54, 1.807) is 14.2 Å². The minimum atomic E-state index is 0.104. The Labute approximate surface area is 174 Å². The van der Waals surface area contributed by atoms with Gasteiger partial charge in [0, 0.05) is 6.54 Å². The first kappa shape index (κ1) is 21.2. The molecule has 0 bridgehead atoms. The summed E-state index contributed by atoms with van der Waals surface area (Å²) in [6, 6.07) is 16.6. The van der Waals surface area contributed by atoms with E-state index in [4.69, 9.17) is 9.47 Å². The molecular formula is C24H32N2O3. The molecule has 0 unspecified atom stereocenters. The lowest BCUT2D eigenvalue weighted by Crippen LogP contribution is -2.42. The predicted octanol–water partition coefficient (Wildman–Crippen LogP) is 3.32. The number of methoxy groups -OCH3 is 2. The lowest BCUT2D eigenvalue weighted by Gasteiger charge is -2.31. The Balaban J connectivity index is 1.35. The molecule has 5 heteroatoms. The van der Waals surface area contributed by atoms with Crippen LogP contribution in [0.3, 0.4) is 0 Å². The molecule has 1 N–H and O–H groups in total. The van der Waals surface area contributed by atoms with E-state index >= 15 is 0 Å². The van der Waals surface area contributed by atoms with Crippen molar-refractivity contribution in [1.29, 1.82) is 0 Å². The zero-order valence-corrected chi connectivity index (χ0v) is 17.5. The smallest absolute Gasteiger partial charge is 0.234 e. The highest BCUT2D eigenvalue weighted by molar-refractivity contribution is 5.78. The van der Waals surface area contributed by atoms with Crippen LogP contribution >= 0.6 is 0 Å². The van der Waals surface area contributed by atoms with Crippen LogP contribution in [0.5, 0.6) is 11.5 Å². The van der Waals surface area contributed by atoms with Crippen molar-refractivity contribution in [2.24, 2.45) is 5.92 Å². The lowest BCUT2D eigenvalue weighted by molar-refractivity contribution is -0.122. The number of rotatable bonds is 9. The summed E-state index contributed by atoms with van der Waals surface area (Å²) in [7, 11) is 3.26. The van der Waals surface area contributed by atoms with Gasteiger partial charge in [0.15, 0.2) is 11.5 Å². The van der Waals surface area contributed by atoms with E-state index in [1.807, 2.05) is 18.2 Å². The first-order valence-electron chi connectivity index (χ1n) is 10.4. The van der Waals surface area contributed by atoms with E-state index in [1.165, 1.54) is 5.56 Å². The Bertz CT molecular complexity index is 771. The third-order valence-electron chi connectivity index (χ3n) is 5.63. The molecule has 29 heavy (non-hydrogen) atoms. The zero-order chi connectivity index (χ0) is 20.5. The summed E-state index contributed by atoms with van der Waals surface area (Å²) in [4.78, 5) is 14.6. The summed E-state index contributed by atoms with van der Waals surface area (Å²) < 4.78 is 10.6. The number of ether oxygens (including phenoxy) is 2. The Morgan fingerprint density at radius 3 is 2.41 bits per heavy atom. The van der Waals surface area contributed by atoms with Gasteiger partial charge in [0.1, 0.15) is 0 Å². The summed E-state index contributed by atoms with van der Waals surface area (Å²) in [5.74, 6) is 2.26. The molecule has 0 radical (unpaired) electrons. The van der Waals surface area contributed by atoms with Gasteiger partial charge in [-0.05, 0) is 68.0 Å². The molecule has 156 valence electrons. The highest BCUT2D eigenvalue weighted by Gasteiger charge is 2.21. The van der Waals surface area contributed by atoms with Crippen LogP contribution in [0.4, 0.5) is 0 Å². The number of benzene rings is 2. The molecule has 1 heterocycles. The van der Waals surface area contributed by atoms with Crippen molar-refractivity contribution in [3.8, 4) is 11.5 Å². The van der Waals surface area contributed by atoms with Crippen molar-refractivity contribution in [2.45, 2.75) is 25.7 Å². The van der Waals surface area contributed by atoms with Gasteiger partial charge in [-0.2, -0.15) is 0 Å². The lowest BCUT2D eigenvalue weighted by atomic mass is 9.90. The minimum Gasteiger partial charge on any atom is -0.493 e. The number of piperidine rings is 1. The molecule has 0 aromatic heterocycles. The van der Waals surface area contributed by atoms with Crippen molar-refractivity contribution < 1.29 is 14.3 Å². The molecule has 0 spiro atoms. The number of amides is 1. The van der Waals surface area contributed by atoms with Crippen LogP contribution < -0.4 is 14.8 Å². The Hall–Kier alpha value is -2.53. The van der Waals surface area contributed by atoms with Crippen LogP contribution in [0.15, 0.2) is 48.5 Å². The third kappa shape index (κ3) is 6.50. The van der Waals surface area contributed by atoms with Crippen LogP contribution in [0.2, 0.25) is 0 Å². The van der Waals surface area contributed by atoms with Crippen LogP contribution in [-0.4, -0.2) is 51.2 Å². The van der Waals surface area contributed by atoms with Crippen LogP contribution in [-0.2, 0) is 17.6 Å². The van der Waals surface area contributed by atoms with Gasteiger partial charge in [-0.3, -0.25) is 9.69 Å². The topological polar surface area (TPSA) is 50.8 Å². The number of hydrogen-bond donors (Lipinski definition) is 1. The monoisotopic (exact) mass is 396 g/mol. The second kappa shape index (κ2) is 10.9. The number of nitrogens with one attached hydrogen (secondary N) is 1. The molecule has 0 saturated carbocycles. The van der Waals surface area contributed by atoms with Crippen LogP contribution in [0.25, 0.3) is 0 Å². The van der Waals surface area contributed by atoms with Crippen LogP contribution in [0, 0.1) is 5.92 Å². The molecule has 1 saturated heterocycles. The maximum atomic E-state index is 12.3. The summed E-state index contributed by atoms with van der Waals surface area (Å²) in [6.07, 6.45) is 4.24. The fourth-order valence-corrected chi connectivity index (χ4v) is 3.94. The van der Waals surface area contributed by atoms with Crippen molar-refractivity contribution in [2.75, 3.05) is 40.4 Å². The van der Waals surface area contributed by atoms with E-state index in [0.717, 1.165) is 61.8 Å². The van der Waals surface area contributed by atoms with Crippen LogP contribution in [0.1, 0.15) is 24.0 Å². The van der Waals surface area contributed by atoms with E-state index in [-0.39, 0.29) is 5.91 Å². The largest absolute Gasteiger partial charge is 0.493 e. The average molecular weight is 397 g/mol. The third-order valence-corrected chi connectivity index (χ3v) is 5.63. The molecule has 0 atom stereocenters. The van der Waals surface area contributed by atoms with Gasteiger partial charge in [-0.25, -0.2) is 0 Å². The molecule has 0 aliphatic carbocycles. The molecule has 2 aromatic carbocycles. The van der Waals surface area contributed by atoms with Gasteiger partial charge >= 0.3 is 0 Å². The number of nitrogens with zero attached hydrogens (tertiary/aromatic N) is 1. The number of hydrogen-bond acceptors (Lipinski definition) is 4. The Morgan fingerprint density at radius 2 is 1.72 bits per heavy atom. The molecular weight excluding hydrogens is 364 g/mol. The first-order chi connectivity index (χ1) is 14.2. The fraction of sp³-hybridized carbons (Fsp3) is 0.458.